The first-order valence-electron chi connectivity index (χ1n) is 7.17. The summed E-state index contributed by atoms with van der Waals surface area (Å²) in [7, 11) is 6.15. The molecule has 0 spiro atoms. The van der Waals surface area contributed by atoms with E-state index in [1.54, 1.807) is 0 Å². The van der Waals surface area contributed by atoms with Crippen LogP contribution in [0.4, 0.5) is 5.69 Å². The van der Waals surface area contributed by atoms with Gasteiger partial charge in [0.05, 0.1) is 0 Å². The third-order valence-corrected chi connectivity index (χ3v) is 3.89. The molecule has 0 unspecified atom stereocenters. The Bertz CT molecular complexity index is 691. The maximum Gasteiger partial charge on any atom is 0.195 e. The molecule has 21 heavy (non-hydrogen) atoms. The molecule has 108 valence electrons. The molecule has 3 rings (SSSR count). The van der Waals surface area contributed by atoms with E-state index in [1.165, 1.54) is 5.56 Å². The zero-order valence-corrected chi connectivity index (χ0v) is 12.8. The molecule has 0 atom stereocenters. The summed E-state index contributed by atoms with van der Waals surface area (Å²) in [4.78, 5) is 17.1. The predicted octanol–water partition coefficient (Wildman–Crippen LogP) is 2.93. The van der Waals surface area contributed by atoms with Crippen LogP contribution in [0.25, 0.3) is 0 Å². The number of carbonyl (C=O) groups is 1. The predicted molar refractivity (Wildman–Crippen MR) is 85.8 cm³/mol. The highest BCUT2D eigenvalue weighted by Gasteiger charge is 2.23. The van der Waals surface area contributed by atoms with Crippen LogP contribution in [-0.4, -0.2) is 31.8 Å². The number of nitrogens with zero attached hydrogens (tertiary/aromatic N) is 2. The number of hydrogen-bond donors (Lipinski definition) is 0. The standard InChI is InChI=1S/C18H20N2O/c1-19(2)11-13-8-9-16-17(10-13)20(3)12-14-6-4-5-7-15(14)18(16)21/h4-10H,11-12H2,1-3H3. The Morgan fingerprint density at radius 1 is 1.10 bits per heavy atom. The molecule has 0 radical (unpaired) electrons. The minimum absolute atomic E-state index is 0.126. The van der Waals surface area contributed by atoms with Gasteiger partial charge in [0.25, 0.3) is 0 Å². The van der Waals surface area contributed by atoms with Crippen LogP contribution in [0.3, 0.4) is 0 Å². The van der Waals surface area contributed by atoms with Crippen molar-refractivity contribution >= 4 is 11.5 Å². The van der Waals surface area contributed by atoms with Crippen LogP contribution in [0, 0.1) is 0 Å². The molecular weight excluding hydrogens is 260 g/mol. The highest BCUT2D eigenvalue weighted by molar-refractivity contribution is 6.14. The molecule has 0 N–H and O–H groups in total. The highest BCUT2D eigenvalue weighted by Crippen LogP contribution is 2.30. The van der Waals surface area contributed by atoms with E-state index >= 15 is 0 Å². The van der Waals surface area contributed by atoms with Crippen molar-refractivity contribution in [2.45, 2.75) is 13.1 Å². The molecule has 1 aliphatic rings. The van der Waals surface area contributed by atoms with E-state index in [0.717, 1.165) is 35.5 Å². The summed E-state index contributed by atoms with van der Waals surface area (Å²) in [5.74, 6) is 0.126. The zero-order valence-electron chi connectivity index (χ0n) is 12.8. The second-order valence-electron chi connectivity index (χ2n) is 5.93. The fraction of sp³-hybridized carbons (Fsp3) is 0.278. The first-order valence-corrected chi connectivity index (χ1v) is 7.17. The van der Waals surface area contributed by atoms with Crippen molar-refractivity contribution in [2.75, 3.05) is 26.0 Å². The maximum atomic E-state index is 12.8. The van der Waals surface area contributed by atoms with Gasteiger partial charge in [0.2, 0.25) is 0 Å². The Morgan fingerprint density at radius 2 is 1.86 bits per heavy atom. The Labute approximate surface area is 125 Å². The van der Waals surface area contributed by atoms with Crippen molar-refractivity contribution in [3.05, 3.63) is 64.7 Å². The number of ketones is 1. The maximum absolute atomic E-state index is 12.8. The van der Waals surface area contributed by atoms with E-state index in [0.29, 0.717) is 0 Å². The molecular formula is C18H20N2O. The van der Waals surface area contributed by atoms with Crippen LogP contribution in [0.2, 0.25) is 0 Å². The first-order chi connectivity index (χ1) is 10.1. The molecule has 3 heteroatoms. The molecule has 0 bridgehead atoms. The highest BCUT2D eigenvalue weighted by atomic mass is 16.1. The molecule has 0 amide bonds. The van der Waals surface area contributed by atoms with Gasteiger partial charge in [-0.1, -0.05) is 30.3 Å². The number of fused-ring (bicyclic) bond motifs is 2. The molecule has 2 aromatic rings. The van der Waals surface area contributed by atoms with Gasteiger partial charge in [-0.25, -0.2) is 0 Å². The van der Waals surface area contributed by atoms with Crippen molar-refractivity contribution in [3.8, 4) is 0 Å². The number of hydrogen-bond acceptors (Lipinski definition) is 3. The van der Waals surface area contributed by atoms with Crippen molar-refractivity contribution in [3.63, 3.8) is 0 Å². The Morgan fingerprint density at radius 3 is 2.62 bits per heavy atom. The summed E-state index contributed by atoms with van der Waals surface area (Å²) < 4.78 is 0. The lowest BCUT2D eigenvalue weighted by molar-refractivity contribution is 0.103. The number of rotatable bonds is 2. The van der Waals surface area contributed by atoms with Crippen LogP contribution in [0.15, 0.2) is 42.5 Å². The SMILES string of the molecule is CN(C)Cc1ccc2c(c1)N(C)Cc1ccccc1C2=O. The Hall–Kier alpha value is -2.13. The minimum Gasteiger partial charge on any atom is -0.370 e. The van der Waals surface area contributed by atoms with E-state index < -0.39 is 0 Å². The van der Waals surface area contributed by atoms with Crippen molar-refractivity contribution in [1.29, 1.82) is 0 Å². The van der Waals surface area contributed by atoms with Crippen LogP contribution < -0.4 is 4.90 Å². The lowest BCUT2D eigenvalue weighted by Crippen LogP contribution is -2.17. The van der Waals surface area contributed by atoms with Crippen molar-refractivity contribution in [2.24, 2.45) is 0 Å². The molecule has 1 heterocycles. The monoisotopic (exact) mass is 280 g/mol. The van der Waals surface area contributed by atoms with Crippen LogP contribution in [0.5, 0.6) is 0 Å². The lowest BCUT2D eigenvalue weighted by Gasteiger charge is -2.21. The lowest BCUT2D eigenvalue weighted by atomic mass is 9.98. The normalized spacial score (nSPS) is 13.9. The molecule has 0 aliphatic carbocycles. The van der Waals surface area contributed by atoms with Gasteiger partial charge in [-0.3, -0.25) is 4.79 Å². The van der Waals surface area contributed by atoms with Crippen molar-refractivity contribution in [1.82, 2.24) is 4.90 Å². The average Bonchev–Trinajstić information content (AvgIpc) is 2.55. The Balaban J connectivity index is 2.09. The van der Waals surface area contributed by atoms with Gasteiger partial charge >= 0.3 is 0 Å². The number of anilines is 1. The van der Waals surface area contributed by atoms with Gasteiger partial charge in [0, 0.05) is 37.0 Å². The van der Waals surface area contributed by atoms with E-state index in [1.807, 2.05) is 37.4 Å². The van der Waals surface area contributed by atoms with E-state index in [9.17, 15) is 4.79 Å². The summed E-state index contributed by atoms with van der Waals surface area (Å²) in [6, 6.07) is 14.0. The molecule has 0 fully saturated rings. The summed E-state index contributed by atoms with van der Waals surface area (Å²) in [5, 5.41) is 0. The quantitative estimate of drug-likeness (QED) is 0.845. The van der Waals surface area contributed by atoms with Gasteiger partial charge in [0.15, 0.2) is 5.78 Å². The fourth-order valence-corrected chi connectivity index (χ4v) is 2.91. The summed E-state index contributed by atoms with van der Waals surface area (Å²) >= 11 is 0. The van der Waals surface area contributed by atoms with Gasteiger partial charge < -0.3 is 9.80 Å². The smallest absolute Gasteiger partial charge is 0.195 e. The average molecular weight is 280 g/mol. The molecule has 0 aromatic heterocycles. The molecule has 0 saturated heterocycles. The third kappa shape index (κ3) is 2.57. The van der Waals surface area contributed by atoms with E-state index in [-0.39, 0.29) is 5.78 Å². The summed E-state index contributed by atoms with van der Waals surface area (Å²) in [5.41, 5.74) is 4.96. The first kappa shape index (κ1) is 13.8. The number of benzene rings is 2. The van der Waals surface area contributed by atoms with Crippen LogP contribution in [-0.2, 0) is 13.1 Å². The second-order valence-corrected chi connectivity index (χ2v) is 5.93. The van der Waals surface area contributed by atoms with Crippen molar-refractivity contribution < 1.29 is 4.79 Å². The molecule has 1 aliphatic heterocycles. The molecule has 0 saturated carbocycles. The largest absolute Gasteiger partial charge is 0.370 e. The minimum atomic E-state index is 0.126. The van der Waals surface area contributed by atoms with Crippen LogP contribution >= 0.6 is 0 Å². The van der Waals surface area contributed by atoms with Crippen LogP contribution in [0.1, 0.15) is 27.0 Å². The fourth-order valence-electron chi connectivity index (χ4n) is 2.91. The topological polar surface area (TPSA) is 23.6 Å². The number of carbonyl (C=O) groups excluding carboxylic acids is 1. The van der Waals surface area contributed by atoms with Gasteiger partial charge in [-0.2, -0.15) is 0 Å². The summed E-state index contributed by atoms with van der Waals surface area (Å²) in [6.07, 6.45) is 0. The third-order valence-electron chi connectivity index (χ3n) is 3.89. The molecule has 2 aromatic carbocycles. The zero-order chi connectivity index (χ0) is 15.0. The van der Waals surface area contributed by atoms with Gasteiger partial charge in [0.1, 0.15) is 0 Å². The van der Waals surface area contributed by atoms with E-state index in [4.69, 9.17) is 0 Å². The summed E-state index contributed by atoms with van der Waals surface area (Å²) in [6.45, 7) is 1.64. The Kier molecular flexibility index (Phi) is 3.52. The molecule has 3 nitrogen and oxygen atoms in total. The van der Waals surface area contributed by atoms with Gasteiger partial charge in [-0.05, 0) is 37.4 Å². The van der Waals surface area contributed by atoms with E-state index in [2.05, 4.69) is 36.0 Å². The second kappa shape index (κ2) is 5.34. The van der Waals surface area contributed by atoms with Gasteiger partial charge in [-0.15, -0.1) is 0 Å².